The van der Waals surface area contributed by atoms with Crippen LogP contribution in [0.25, 0.3) is 11.1 Å². The third kappa shape index (κ3) is 2.92. The van der Waals surface area contributed by atoms with Crippen LogP contribution in [0.3, 0.4) is 0 Å². The monoisotopic (exact) mass is 295 g/mol. The van der Waals surface area contributed by atoms with E-state index in [1.165, 1.54) is 24.3 Å². The standard InChI is InChI=1S/C13H7Cl2NO3/c14-10-4-9(5-11(15)6-10)12-2-1-8(7-17)3-13(12)16(18)19/h1-7H. The number of aldehydes is 1. The molecule has 0 amide bonds. The summed E-state index contributed by atoms with van der Waals surface area (Å²) in [5.74, 6) is 0. The Morgan fingerprint density at radius 3 is 2.21 bits per heavy atom. The van der Waals surface area contributed by atoms with E-state index >= 15 is 0 Å². The van der Waals surface area contributed by atoms with Crippen LogP contribution < -0.4 is 0 Å². The zero-order valence-corrected chi connectivity index (χ0v) is 11.0. The molecule has 0 unspecified atom stereocenters. The smallest absolute Gasteiger partial charge is 0.277 e. The first-order valence-electron chi connectivity index (χ1n) is 5.21. The molecule has 0 heterocycles. The number of nitro groups is 1. The summed E-state index contributed by atoms with van der Waals surface area (Å²) in [5, 5.41) is 11.8. The van der Waals surface area contributed by atoms with Gasteiger partial charge in [-0.25, -0.2) is 0 Å². The van der Waals surface area contributed by atoms with Crippen molar-refractivity contribution in [2.45, 2.75) is 0 Å². The molecule has 0 aromatic heterocycles. The van der Waals surface area contributed by atoms with Crippen molar-refractivity contribution in [3.8, 4) is 11.1 Å². The van der Waals surface area contributed by atoms with Crippen LogP contribution in [0.4, 0.5) is 5.69 Å². The van der Waals surface area contributed by atoms with Crippen molar-refractivity contribution in [2.24, 2.45) is 0 Å². The minimum absolute atomic E-state index is 0.164. The highest BCUT2D eigenvalue weighted by atomic mass is 35.5. The zero-order valence-electron chi connectivity index (χ0n) is 9.47. The molecule has 0 saturated heterocycles. The molecule has 0 atom stereocenters. The summed E-state index contributed by atoms with van der Waals surface area (Å²) < 4.78 is 0. The molecule has 0 spiro atoms. The Hall–Kier alpha value is -1.91. The molecule has 2 aromatic carbocycles. The van der Waals surface area contributed by atoms with Crippen LogP contribution >= 0.6 is 23.2 Å². The topological polar surface area (TPSA) is 60.2 Å². The second-order valence-electron chi connectivity index (χ2n) is 3.81. The van der Waals surface area contributed by atoms with E-state index in [9.17, 15) is 14.9 Å². The lowest BCUT2D eigenvalue weighted by molar-refractivity contribution is -0.384. The maximum atomic E-state index is 11.1. The highest BCUT2D eigenvalue weighted by Crippen LogP contribution is 2.33. The van der Waals surface area contributed by atoms with E-state index in [0.29, 0.717) is 27.5 Å². The van der Waals surface area contributed by atoms with Crippen molar-refractivity contribution in [2.75, 3.05) is 0 Å². The molecule has 0 bridgehead atoms. The van der Waals surface area contributed by atoms with Crippen LogP contribution in [0, 0.1) is 10.1 Å². The van der Waals surface area contributed by atoms with Crippen LogP contribution in [0.2, 0.25) is 10.0 Å². The highest BCUT2D eigenvalue weighted by Gasteiger charge is 2.16. The zero-order chi connectivity index (χ0) is 14.0. The van der Waals surface area contributed by atoms with E-state index in [4.69, 9.17) is 23.2 Å². The van der Waals surface area contributed by atoms with Crippen molar-refractivity contribution < 1.29 is 9.72 Å². The second-order valence-corrected chi connectivity index (χ2v) is 4.68. The van der Waals surface area contributed by atoms with E-state index in [2.05, 4.69) is 0 Å². The van der Waals surface area contributed by atoms with Gasteiger partial charge < -0.3 is 0 Å². The number of hydrogen-bond acceptors (Lipinski definition) is 3. The molecule has 6 heteroatoms. The van der Waals surface area contributed by atoms with Crippen LogP contribution in [0.15, 0.2) is 36.4 Å². The molecule has 0 aliphatic rings. The van der Waals surface area contributed by atoms with Gasteiger partial charge in [0.1, 0.15) is 6.29 Å². The van der Waals surface area contributed by atoms with Crippen LogP contribution in [0.1, 0.15) is 10.4 Å². The molecule has 0 saturated carbocycles. The van der Waals surface area contributed by atoms with Crippen LogP contribution in [0.5, 0.6) is 0 Å². The lowest BCUT2D eigenvalue weighted by atomic mass is 10.0. The van der Waals surface area contributed by atoms with E-state index < -0.39 is 4.92 Å². The predicted molar refractivity (Wildman–Crippen MR) is 73.9 cm³/mol. The summed E-state index contributed by atoms with van der Waals surface area (Å²) in [6, 6.07) is 8.93. The maximum absolute atomic E-state index is 11.1. The molecule has 0 radical (unpaired) electrons. The summed E-state index contributed by atoms with van der Waals surface area (Å²) in [7, 11) is 0. The fraction of sp³-hybridized carbons (Fsp3) is 0. The van der Waals surface area contributed by atoms with Crippen molar-refractivity contribution in [1.82, 2.24) is 0 Å². The number of rotatable bonds is 3. The van der Waals surface area contributed by atoms with Crippen LogP contribution in [-0.2, 0) is 0 Å². The molecule has 0 N–H and O–H groups in total. The first-order valence-corrected chi connectivity index (χ1v) is 5.97. The Kier molecular flexibility index (Phi) is 3.83. The molecule has 2 rings (SSSR count). The van der Waals surface area contributed by atoms with Gasteiger partial charge in [-0.15, -0.1) is 0 Å². The Labute approximate surface area is 118 Å². The number of hydrogen-bond donors (Lipinski definition) is 0. The lowest BCUT2D eigenvalue weighted by Crippen LogP contribution is -1.94. The van der Waals surface area contributed by atoms with Gasteiger partial charge in [-0.05, 0) is 29.8 Å². The number of nitro benzene ring substituents is 1. The van der Waals surface area contributed by atoms with Gasteiger partial charge in [0.25, 0.3) is 5.69 Å². The largest absolute Gasteiger partial charge is 0.298 e. The number of nitrogens with zero attached hydrogens (tertiary/aromatic N) is 1. The predicted octanol–water partition coefficient (Wildman–Crippen LogP) is 4.38. The summed E-state index contributed by atoms with van der Waals surface area (Å²) in [4.78, 5) is 21.2. The van der Waals surface area contributed by atoms with Crippen LogP contribution in [-0.4, -0.2) is 11.2 Å². The Bertz CT molecular complexity index is 651. The van der Waals surface area contributed by atoms with E-state index in [1.807, 2.05) is 0 Å². The molecule has 2 aromatic rings. The van der Waals surface area contributed by atoms with Gasteiger partial charge in [0.15, 0.2) is 0 Å². The van der Waals surface area contributed by atoms with E-state index in [-0.39, 0.29) is 11.3 Å². The molecule has 0 fully saturated rings. The van der Waals surface area contributed by atoms with E-state index in [0.717, 1.165) is 0 Å². The fourth-order valence-corrected chi connectivity index (χ4v) is 2.25. The minimum atomic E-state index is -0.545. The first kappa shape index (κ1) is 13.5. The average molecular weight is 296 g/mol. The molecular formula is C13H7Cl2NO3. The second kappa shape index (κ2) is 5.38. The van der Waals surface area contributed by atoms with E-state index in [1.54, 1.807) is 12.1 Å². The van der Waals surface area contributed by atoms with Gasteiger partial charge in [-0.2, -0.15) is 0 Å². The number of benzene rings is 2. The van der Waals surface area contributed by atoms with Crippen molar-refractivity contribution >= 4 is 35.2 Å². The van der Waals surface area contributed by atoms with Crippen molar-refractivity contribution in [3.05, 3.63) is 62.1 Å². The lowest BCUT2D eigenvalue weighted by Gasteiger charge is -2.05. The molecule has 0 aliphatic carbocycles. The van der Waals surface area contributed by atoms with Gasteiger partial charge in [0.2, 0.25) is 0 Å². The molecule has 96 valence electrons. The molecule has 0 aliphatic heterocycles. The summed E-state index contributed by atoms with van der Waals surface area (Å²) in [6.07, 6.45) is 0.557. The highest BCUT2D eigenvalue weighted by molar-refractivity contribution is 6.35. The molecular weight excluding hydrogens is 289 g/mol. The summed E-state index contributed by atoms with van der Waals surface area (Å²) in [5.41, 5.74) is 0.966. The third-order valence-corrected chi connectivity index (χ3v) is 2.96. The van der Waals surface area contributed by atoms with Gasteiger partial charge in [-0.1, -0.05) is 29.3 Å². The Morgan fingerprint density at radius 1 is 1.05 bits per heavy atom. The summed E-state index contributed by atoms with van der Waals surface area (Å²) >= 11 is 11.8. The normalized spacial score (nSPS) is 10.2. The Morgan fingerprint density at radius 2 is 1.68 bits per heavy atom. The van der Waals surface area contributed by atoms with Gasteiger partial charge in [0, 0.05) is 21.7 Å². The molecule has 4 nitrogen and oxygen atoms in total. The number of carbonyl (C=O) groups excluding carboxylic acids is 1. The quantitative estimate of drug-likeness (QED) is 0.479. The maximum Gasteiger partial charge on any atom is 0.277 e. The van der Waals surface area contributed by atoms with Crippen molar-refractivity contribution in [3.63, 3.8) is 0 Å². The minimum Gasteiger partial charge on any atom is -0.298 e. The SMILES string of the molecule is O=Cc1ccc(-c2cc(Cl)cc(Cl)c2)c([N+](=O)[O-])c1. The van der Waals surface area contributed by atoms with Gasteiger partial charge >= 0.3 is 0 Å². The number of carbonyl (C=O) groups is 1. The molecule has 19 heavy (non-hydrogen) atoms. The van der Waals surface area contributed by atoms with Gasteiger partial charge in [-0.3, -0.25) is 14.9 Å². The third-order valence-electron chi connectivity index (χ3n) is 2.53. The Balaban J connectivity index is 2.67. The van der Waals surface area contributed by atoms with Crippen molar-refractivity contribution in [1.29, 1.82) is 0 Å². The van der Waals surface area contributed by atoms with Gasteiger partial charge in [0.05, 0.1) is 10.5 Å². The fourth-order valence-electron chi connectivity index (χ4n) is 1.73. The average Bonchev–Trinajstić information content (AvgIpc) is 2.36. The number of halogens is 2. The summed E-state index contributed by atoms with van der Waals surface area (Å²) in [6.45, 7) is 0. The first-order chi connectivity index (χ1) is 9.01.